The van der Waals surface area contributed by atoms with Gasteiger partial charge in [-0.2, -0.15) is 5.10 Å². The number of aromatic nitrogens is 2. The molecule has 0 aliphatic carbocycles. The second-order valence-electron chi connectivity index (χ2n) is 6.05. The van der Waals surface area contributed by atoms with Crippen LogP contribution < -0.4 is 5.32 Å². The number of nitrogens with zero attached hydrogens (tertiary/aromatic N) is 3. The number of hydrogen-bond acceptors (Lipinski definition) is 4. The fraction of sp³-hybridized carbons (Fsp3) is 0.812. The molecule has 2 rings (SSSR count). The maximum atomic E-state index is 6.01. The Hall–Kier alpha value is -0.910. The third-order valence-electron chi connectivity index (χ3n) is 4.16. The van der Waals surface area contributed by atoms with E-state index in [1.807, 2.05) is 4.68 Å². The monoisotopic (exact) mass is 294 g/mol. The summed E-state index contributed by atoms with van der Waals surface area (Å²) in [4.78, 5) is 2.46. The van der Waals surface area contributed by atoms with Crippen molar-refractivity contribution in [3.63, 3.8) is 0 Å². The van der Waals surface area contributed by atoms with Gasteiger partial charge in [0.2, 0.25) is 0 Å². The number of ether oxygens (including phenoxy) is 1. The fourth-order valence-corrected chi connectivity index (χ4v) is 2.86. The predicted molar refractivity (Wildman–Crippen MR) is 85.6 cm³/mol. The van der Waals surface area contributed by atoms with Gasteiger partial charge in [0.25, 0.3) is 0 Å². The molecular weight excluding hydrogens is 264 g/mol. The van der Waals surface area contributed by atoms with E-state index >= 15 is 0 Å². The lowest BCUT2D eigenvalue weighted by molar-refractivity contribution is -0.0446. The molecule has 5 nitrogen and oxygen atoms in total. The van der Waals surface area contributed by atoms with E-state index in [2.05, 4.69) is 55.3 Å². The summed E-state index contributed by atoms with van der Waals surface area (Å²) in [5.74, 6) is 0. The summed E-state index contributed by atoms with van der Waals surface area (Å²) in [6, 6.07) is 2.88. The molecule has 0 radical (unpaired) electrons. The van der Waals surface area contributed by atoms with Crippen LogP contribution in [0.3, 0.4) is 0 Å². The van der Waals surface area contributed by atoms with Crippen molar-refractivity contribution in [1.82, 2.24) is 20.0 Å². The minimum atomic E-state index is 0.253. The first-order valence-corrected chi connectivity index (χ1v) is 8.25. The van der Waals surface area contributed by atoms with E-state index in [0.29, 0.717) is 12.1 Å². The molecule has 0 aromatic carbocycles. The number of morpholine rings is 1. The maximum absolute atomic E-state index is 6.01. The predicted octanol–water partition coefficient (Wildman–Crippen LogP) is 1.71. The SMILES string of the molecule is CCNC(Cc1ccn(C(C)C)n1)C1CN(CC)CCO1. The number of nitrogens with one attached hydrogen (secondary N) is 1. The van der Waals surface area contributed by atoms with E-state index in [0.717, 1.165) is 44.9 Å². The average molecular weight is 294 g/mol. The van der Waals surface area contributed by atoms with Crippen LogP contribution in [-0.2, 0) is 11.2 Å². The summed E-state index contributed by atoms with van der Waals surface area (Å²) >= 11 is 0. The summed E-state index contributed by atoms with van der Waals surface area (Å²) in [7, 11) is 0. The van der Waals surface area contributed by atoms with E-state index < -0.39 is 0 Å². The van der Waals surface area contributed by atoms with Crippen LogP contribution in [0.15, 0.2) is 12.3 Å². The zero-order valence-corrected chi connectivity index (χ0v) is 13.9. The Morgan fingerprint density at radius 3 is 2.86 bits per heavy atom. The first kappa shape index (κ1) is 16.5. The molecule has 0 amide bonds. The van der Waals surface area contributed by atoms with Crippen molar-refractivity contribution in [2.45, 2.75) is 52.3 Å². The molecule has 1 aromatic heterocycles. The molecule has 2 unspecified atom stereocenters. The van der Waals surface area contributed by atoms with Gasteiger partial charge in [0, 0.05) is 37.8 Å². The van der Waals surface area contributed by atoms with Crippen LogP contribution in [0.5, 0.6) is 0 Å². The van der Waals surface area contributed by atoms with Crippen molar-refractivity contribution in [2.24, 2.45) is 0 Å². The number of rotatable bonds is 7. The Kier molecular flexibility index (Phi) is 6.21. The molecule has 120 valence electrons. The summed E-state index contributed by atoms with van der Waals surface area (Å²) in [6.07, 6.45) is 3.25. The molecule has 0 bridgehead atoms. The first-order valence-electron chi connectivity index (χ1n) is 8.25. The van der Waals surface area contributed by atoms with Gasteiger partial charge in [-0.05, 0) is 33.0 Å². The van der Waals surface area contributed by atoms with Crippen LogP contribution in [0.2, 0.25) is 0 Å². The van der Waals surface area contributed by atoms with E-state index in [1.165, 1.54) is 0 Å². The van der Waals surface area contributed by atoms with Crippen LogP contribution >= 0.6 is 0 Å². The van der Waals surface area contributed by atoms with Gasteiger partial charge in [-0.3, -0.25) is 9.58 Å². The zero-order chi connectivity index (χ0) is 15.2. The maximum Gasteiger partial charge on any atom is 0.0859 e. The molecule has 1 aliphatic rings. The highest BCUT2D eigenvalue weighted by molar-refractivity contribution is 5.04. The molecule has 2 atom stereocenters. The molecule has 0 spiro atoms. The summed E-state index contributed by atoms with van der Waals surface area (Å²) in [6.45, 7) is 13.6. The second-order valence-corrected chi connectivity index (χ2v) is 6.05. The Labute approximate surface area is 128 Å². The van der Waals surface area contributed by atoms with Crippen molar-refractivity contribution < 1.29 is 4.74 Å². The third-order valence-corrected chi connectivity index (χ3v) is 4.16. The lowest BCUT2D eigenvalue weighted by atomic mass is 10.0. The van der Waals surface area contributed by atoms with Gasteiger partial charge in [0.05, 0.1) is 18.4 Å². The molecule has 1 saturated heterocycles. The summed E-state index contributed by atoms with van der Waals surface area (Å²) < 4.78 is 8.04. The molecule has 1 aromatic rings. The van der Waals surface area contributed by atoms with Gasteiger partial charge in [-0.15, -0.1) is 0 Å². The zero-order valence-electron chi connectivity index (χ0n) is 13.9. The molecule has 2 heterocycles. The van der Waals surface area contributed by atoms with E-state index in [4.69, 9.17) is 4.74 Å². The molecule has 1 fully saturated rings. The van der Waals surface area contributed by atoms with Gasteiger partial charge < -0.3 is 10.1 Å². The smallest absolute Gasteiger partial charge is 0.0859 e. The Bertz CT molecular complexity index is 418. The Morgan fingerprint density at radius 2 is 2.24 bits per heavy atom. The first-order chi connectivity index (χ1) is 10.1. The van der Waals surface area contributed by atoms with Gasteiger partial charge in [-0.1, -0.05) is 13.8 Å². The van der Waals surface area contributed by atoms with E-state index in [-0.39, 0.29) is 6.10 Å². The highest BCUT2D eigenvalue weighted by Crippen LogP contribution is 2.14. The van der Waals surface area contributed by atoms with Gasteiger partial charge in [0.1, 0.15) is 0 Å². The normalized spacial score (nSPS) is 21.9. The van der Waals surface area contributed by atoms with Gasteiger partial charge >= 0.3 is 0 Å². The van der Waals surface area contributed by atoms with Crippen molar-refractivity contribution in [3.8, 4) is 0 Å². The van der Waals surface area contributed by atoms with E-state index in [9.17, 15) is 0 Å². The number of hydrogen-bond donors (Lipinski definition) is 1. The van der Waals surface area contributed by atoms with Crippen LogP contribution in [-0.4, -0.2) is 59.6 Å². The lowest BCUT2D eigenvalue weighted by Gasteiger charge is -2.36. The van der Waals surface area contributed by atoms with Gasteiger partial charge in [0.15, 0.2) is 0 Å². The third kappa shape index (κ3) is 4.53. The highest BCUT2D eigenvalue weighted by Gasteiger charge is 2.27. The van der Waals surface area contributed by atoms with Crippen molar-refractivity contribution in [1.29, 1.82) is 0 Å². The van der Waals surface area contributed by atoms with E-state index in [1.54, 1.807) is 0 Å². The van der Waals surface area contributed by atoms with Crippen molar-refractivity contribution >= 4 is 0 Å². The standard InChI is InChI=1S/C16H30N4O/c1-5-17-15(16-12-19(6-2)9-10-21-16)11-14-7-8-20(18-14)13(3)4/h7-8,13,15-17H,5-6,9-12H2,1-4H3. The molecule has 5 heteroatoms. The van der Waals surface area contributed by atoms with Crippen LogP contribution in [0, 0.1) is 0 Å². The van der Waals surface area contributed by atoms with Crippen LogP contribution in [0.25, 0.3) is 0 Å². The molecule has 1 aliphatic heterocycles. The molecule has 0 saturated carbocycles. The Morgan fingerprint density at radius 1 is 1.43 bits per heavy atom. The lowest BCUT2D eigenvalue weighted by Crippen LogP contribution is -2.53. The average Bonchev–Trinajstić information content (AvgIpc) is 2.96. The minimum absolute atomic E-state index is 0.253. The quantitative estimate of drug-likeness (QED) is 0.831. The topological polar surface area (TPSA) is 42.3 Å². The Balaban J connectivity index is 2.00. The fourth-order valence-electron chi connectivity index (χ4n) is 2.86. The summed E-state index contributed by atoms with van der Waals surface area (Å²) in [5.41, 5.74) is 1.15. The van der Waals surface area contributed by atoms with Crippen LogP contribution in [0.1, 0.15) is 39.4 Å². The minimum Gasteiger partial charge on any atom is -0.374 e. The molecule has 1 N–H and O–H groups in total. The largest absolute Gasteiger partial charge is 0.374 e. The molecule has 21 heavy (non-hydrogen) atoms. The van der Waals surface area contributed by atoms with Crippen LogP contribution in [0.4, 0.5) is 0 Å². The number of likely N-dealkylation sites (N-methyl/N-ethyl adjacent to an activating group) is 2. The second kappa shape index (κ2) is 7.92. The van der Waals surface area contributed by atoms with Gasteiger partial charge in [-0.25, -0.2) is 0 Å². The van der Waals surface area contributed by atoms with Crippen molar-refractivity contribution in [3.05, 3.63) is 18.0 Å². The van der Waals surface area contributed by atoms with Crippen molar-refractivity contribution in [2.75, 3.05) is 32.8 Å². The highest BCUT2D eigenvalue weighted by atomic mass is 16.5. The molecular formula is C16H30N4O. The summed E-state index contributed by atoms with van der Waals surface area (Å²) in [5, 5.41) is 8.26.